The zero-order valence-electron chi connectivity index (χ0n) is 11.7. The van der Waals surface area contributed by atoms with Gasteiger partial charge in [0.25, 0.3) is 0 Å². The van der Waals surface area contributed by atoms with E-state index in [1.165, 1.54) is 0 Å². The van der Waals surface area contributed by atoms with Crippen molar-refractivity contribution in [1.82, 2.24) is 5.43 Å². The molecule has 3 N–H and O–H groups in total. The van der Waals surface area contributed by atoms with E-state index in [2.05, 4.69) is 12.3 Å². The van der Waals surface area contributed by atoms with Gasteiger partial charge in [0.2, 0.25) is 0 Å². The lowest BCUT2D eigenvalue weighted by Gasteiger charge is -2.22. The van der Waals surface area contributed by atoms with E-state index in [0.717, 1.165) is 17.7 Å². The van der Waals surface area contributed by atoms with Crippen LogP contribution in [0.15, 0.2) is 24.3 Å². The molecule has 1 saturated heterocycles. The number of rotatable bonds is 6. The molecule has 0 bridgehead atoms. The first kappa shape index (κ1) is 15.3. The topological polar surface area (TPSA) is 81.4 Å². The molecule has 0 radical (unpaired) electrons. The van der Waals surface area contributed by atoms with Crippen LogP contribution in [0.4, 0.5) is 0 Å². The summed E-state index contributed by atoms with van der Waals surface area (Å²) in [5.41, 5.74) is 3.75. The first-order valence-corrected chi connectivity index (χ1v) is 8.77. The normalized spacial score (nSPS) is 22.6. The van der Waals surface area contributed by atoms with Crippen molar-refractivity contribution in [2.24, 2.45) is 11.8 Å². The Balaban J connectivity index is 2.08. The number of hydrazine groups is 1. The maximum Gasteiger partial charge on any atom is 0.150 e. The lowest BCUT2D eigenvalue weighted by molar-refractivity contribution is 0.317. The SMILES string of the molecule is CCCOc1ccc(C(NN)C2CCS(=O)(=O)C2)cc1. The van der Waals surface area contributed by atoms with Gasteiger partial charge in [-0.05, 0) is 36.5 Å². The number of nitrogens with two attached hydrogens (primary N) is 1. The Kier molecular flexibility index (Phi) is 5.01. The average molecular weight is 298 g/mol. The second kappa shape index (κ2) is 6.56. The third-order valence-corrected chi connectivity index (χ3v) is 5.42. The van der Waals surface area contributed by atoms with Gasteiger partial charge in [0.05, 0.1) is 18.1 Å². The number of hydrogen-bond acceptors (Lipinski definition) is 5. The molecule has 1 heterocycles. The van der Waals surface area contributed by atoms with E-state index in [1.807, 2.05) is 24.3 Å². The lowest BCUT2D eigenvalue weighted by atomic mass is 9.93. The van der Waals surface area contributed by atoms with Crippen LogP contribution in [0, 0.1) is 5.92 Å². The Morgan fingerprint density at radius 3 is 2.60 bits per heavy atom. The van der Waals surface area contributed by atoms with Crippen LogP contribution < -0.4 is 16.0 Å². The van der Waals surface area contributed by atoms with E-state index < -0.39 is 9.84 Å². The zero-order valence-corrected chi connectivity index (χ0v) is 12.5. The lowest BCUT2D eigenvalue weighted by Crippen LogP contribution is -2.34. The first-order chi connectivity index (χ1) is 9.55. The standard InChI is InChI=1S/C14H22N2O3S/c1-2-8-19-13-5-3-11(4-6-13)14(16-15)12-7-9-20(17,18)10-12/h3-6,12,14,16H,2,7-10,15H2,1H3. The highest BCUT2D eigenvalue weighted by Crippen LogP contribution is 2.31. The van der Waals surface area contributed by atoms with Gasteiger partial charge >= 0.3 is 0 Å². The van der Waals surface area contributed by atoms with Gasteiger partial charge in [-0.3, -0.25) is 11.3 Å². The maximum absolute atomic E-state index is 11.6. The third-order valence-electron chi connectivity index (χ3n) is 3.63. The number of nitrogens with one attached hydrogen (secondary N) is 1. The van der Waals surface area contributed by atoms with Gasteiger partial charge in [0, 0.05) is 6.04 Å². The minimum Gasteiger partial charge on any atom is -0.494 e. The van der Waals surface area contributed by atoms with Gasteiger partial charge in [-0.15, -0.1) is 0 Å². The number of ether oxygens (including phenoxy) is 1. The molecule has 2 rings (SSSR count). The Morgan fingerprint density at radius 1 is 1.40 bits per heavy atom. The molecule has 1 aliphatic heterocycles. The third kappa shape index (κ3) is 3.71. The smallest absolute Gasteiger partial charge is 0.150 e. The quantitative estimate of drug-likeness (QED) is 0.613. The van der Waals surface area contributed by atoms with E-state index in [0.29, 0.717) is 13.0 Å². The van der Waals surface area contributed by atoms with Crippen molar-refractivity contribution < 1.29 is 13.2 Å². The van der Waals surface area contributed by atoms with Crippen molar-refractivity contribution in [2.75, 3.05) is 18.1 Å². The van der Waals surface area contributed by atoms with Crippen molar-refractivity contribution in [3.05, 3.63) is 29.8 Å². The van der Waals surface area contributed by atoms with Gasteiger partial charge in [-0.1, -0.05) is 19.1 Å². The fourth-order valence-corrected chi connectivity index (χ4v) is 4.42. The summed E-state index contributed by atoms with van der Waals surface area (Å²) in [5.74, 6) is 6.94. The average Bonchev–Trinajstić information content (AvgIpc) is 2.79. The van der Waals surface area contributed by atoms with E-state index in [-0.39, 0.29) is 23.5 Å². The van der Waals surface area contributed by atoms with Crippen LogP contribution in [0.5, 0.6) is 5.75 Å². The molecule has 20 heavy (non-hydrogen) atoms. The van der Waals surface area contributed by atoms with Crippen LogP contribution >= 0.6 is 0 Å². The summed E-state index contributed by atoms with van der Waals surface area (Å²) < 4.78 is 28.7. The van der Waals surface area contributed by atoms with Crippen LogP contribution in [0.2, 0.25) is 0 Å². The molecule has 2 atom stereocenters. The summed E-state index contributed by atoms with van der Waals surface area (Å²) in [4.78, 5) is 0. The van der Waals surface area contributed by atoms with Crippen LogP contribution in [-0.4, -0.2) is 26.5 Å². The predicted octanol–water partition coefficient (Wildman–Crippen LogP) is 1.41. The molecular weight excluding hydrogens is 276 g/mol. The molecule has 1 fully saturated rings. The van der Waals surface area contributed by atoms with Crippen LogP contribution in [-0.2, 0) is 9.84 Å². The van der Waals surface area contributed by atoms with Gasteiger partial charge in [0.15, 0.2) is 9.84 Å². The Hall–Kier alpha value is -1.11. The Bertz CT molecular complexity index is 528. The van der Waals surface area contributed by atoms with Crippen molar-refractivity contribution in [3.8, 4) is 5.75 Å². The number of sulfone groups is 1. The van der Waals surface area contributed by atoms with E-state index >= 15 is 0 Å². The summed E-state index contributed by atoms with van der Waals surface area (Å²) in [7, 11) is -2.90. The molecule has 5 nitrogen and oxygen atoms in total. The molecule has 0 aromatic heterocycles. The number of benzene rings is 1. The molecule has 0 amide bonds. The Labute approximate surface area is 120 Å². The highest BCUT2D eigenvalue weighted by Gasteiger charge is 2.33. The van der Waals surface area contributed by atoms with Crippen molar-refractivity contribution >= 4 is 9.84 Å². The van der Waals surface area contributed by atoms with Crippen LogP contribution in [0.1, 0.15) is 31.4 Å². The van der Waals surface area contributed by atoms with E-state index in [9.17, 15) is 8.42 Å². The summed E-state index contributed by atoms with van der Waals surface area (Å²) in [6.07, 6.45) is 1.62. The summed E-state index contributed by atoms with van der Waals surface area (Å²) in [6, 6.07) is 7.56. The van der Waals surface area contributed by atoms with E-state index in [1.54, 1.807) is 0 Å². The zero-order chi connectivity index (χ0) is 14.6. The molecule has 6 heteroatoms. The molecule has 0 saturated carbocycles. The van der Waals surface area contributed by atoms with Gasteiger partial charge in [0.1, 0.15) is 5.75 Å². The van der Waals surface area contributed by atoms with Gasteiger partial charge < -0.3 is 4.74 Å². The summed E-state index contributed by atoms with van der Waals surface area (Å²) >= 11 is 0. The molecule has 0 aliphatic carbocycles. The fourth-order valence-electron chi connectivity index (χ4n) is 2.58. The second-order valence-electron chi connectivity index (χ2n) is 5.22. The van der Waals surface area contributed by atoms with Crippen molar-refractivity contribution in [3.63, 3.8) is 0 Å². The predicted molar refractivity (Wildman–Crippen MR) is 79.1 cm³/mol. The van der Waals surface area contributed by atoms with Crippen LogP contribution in [0.3, 0.4) is 0 Å². The van der Waals surface area contributed by atoms with Crippen molar-refractivity contribution in [1.29, 1.82) is 0 Å². The van der Waals surface area contributed by atoms with Crippen LogP contribution in [0.25, 0.3) is 0 Å². The van der Waals surface area contributed by atoms with Gasteiger partial charge in [-0.25, -0.2) is 8.42 Å². The maximum atomic E-state index is 11.6. The highest BCUT2D eigenvalue weighted by atomic mass is 32.2. The largest absolute Gasteiger partial charge is 0.494 e. The van der Waals surface area contributed by atoms with E-state index in [4.69, 9.17) is 10.6 Å². The molecule has 1 aromatic rings. The monoisotopic (exact) mass is 298 g/mol. The Morgan fingerprint density at radius 2 is 2.10 bits per heavy atom. The molecule has 1 aliphatic rings. The minimum absolute atomic E-state index is 0.0346. The summed E-state index contributed by atoms with van der Waals surface area (Å²) in [5, 5.41) is 0. The molecular formula is C14H22N2O3S. The molecule has 2 unspecified atom stereocenters. The van der Waals surface area contributed by atoms with Gasteiger partial charge in [-0.2, -0.15) is 0 Å². The van der Waals surface area contributed by atoms with Crippen molar-refractivity contribution in [2.45, 2.75) is 25.8 Å². The molecule has 1 aromatic carbocycles. The fraction of sp³-hybridized carbons (Fsp3) is 0.571. The molecule has 0 spiro atoms. The molecule has 112 valence electrons. The summed E-state index contributed by atoms with van der Waals surface area (Å²) in [6.45, 7) is 2.75. The minimum atomic E-state index is -2.90. The highest BCUT2D eigenvalue weighted by molar-refractivity contribution is 7.91. The number of hydrogen-bond donors (Lipinski definition) is 2. The second-order valence-corrected chi connectivity index (χ2v) is 7.45. The first-order valence-electron chi connectivity index (χ1n) is 6.95.